The number of rotatable bonds is 6. The van der Waals surface area contributed by atoms with Gasteiger partial charge in [0.1, 0.15) is 0 Å². The standard InChI is InChI=1S/C15H23NO/c1-3-15(2,11-17)16-10-13-6-4-5-7-14(13)12-8-9-12/h4-7,12,16-17H,3,8-11H2,1-2H3. The lowest BCUT2D eigenvalue weighted by Gasteiger charge is -2.28. The second kappa shape index (κ2) is 5.19. The Bertz CT molecular complexity index is 367. The highest BCUT2D eigenvalue weighted by Crippen LogP contribution is 2.41. The molecule has 0 heterocycles. The van der Waals surface area contributed by atoms with Crippen molar-refractivity contribution in [1.29, 1.82) is 0 Å². The van der Waals surface area contributed by atoms with Crippen molar-refractivity contribution in [2.24, 2.45) is 0 Å². The molecule has 2 rings (SSSR count). The summed E-state index contributed by atoms with van der Waals surface area (Å²) in [4.78, 5) is 0. The number of nitrogens with one attached hydrogen (secondary N) is 1. The van der Waals surface area contributed by atoms with Crippen molar-refractivity contribution in [3.63, 3.8) is 0 Å². The molecule has 94 valence electrons. The molecule has 1 aliphatic carbocycles. The van der Waals surface area contributed by atoms with Crippen LogP contribution in [0, 0.1) is 0 Å². The van der Waals surface area contributed by atoms with Crippen LogP contribution in [-0.4, -0.2) is 17.3 Å². The molecule has 1 atom stereocenters. The van der Waals surface area contributed by atoms with Crippen molar-refractivity contribution < 1.29 is 5.11 Å². The molecule has 0 amide bonds. The molecule has 1 aliphatic rings. The smallest absolute Gasteiger partial charge is 0.0610 e. The van der Waals surface area contributed by atoms with Crippen molar-refractivity contribution in [3.05, 3.63) is 35.4 Å². The zero-order chi connectivity index (χ0) is 12.3. The highest BCUT2D eigenvalue weighted by molar-refractivity contribution is 5.33. The molecule has 2 heteroatoms. The minimum Gasteiger partial charge on any atom is -0.394 e. The predicted octanol–water partition coefficient (Wildman–Crippen LogP) is 2.81. The quantitative estimate of drug-likeness (QED) is 0.792. The summed E-state index contributed by atoms with van der Waals surface area (Å²) in [7, 11) is 0. The van der Waals surface area contributed by atoms with Gasteiger partial charge in [-0.3, -0.25) is 0 Å². The molecule has 1 aromatic rings. The lowest BCUT2D eigenvalue weighted by molar-refractivity contribution is 0.169. The Morgan fingerprint density at radius 3 is 2.65 bits per heavy atom. The second-order valence-electron chi connectivity index (χ2n) is 5.40. The fourth-order valence-corrected chi connectivity index (χ4v) is 2.09. The third kappa shape index (κ3) is 3.08. The molecule has 2 nitrogen and oxygen atoms in total. The average Bonchev–Trinajstić information content (AvgIpc) is 3.20. The van der Waals surface area contributed by atoms with Crippen molar-refractivity contribution in [3.8, 4) is 0 Å². The van der Waals surface area contributed by atoms with Crippen molar-refractivity contribution >= 4 is 0 Å². The summed E-state index contributed by atoms with van der Waals surface area (Å²) in [5.74, 6) is 0.787. The topological polar surface area (TPSA) is 32.3 Å². The fraction of sp³-hybridized carbons (Fsp3) is 0.600. The van der Waals surface area contributed by atoms with Gasteiger partial charge < -0.3 is 10.4 Å². The predicted molar refractivity (Wildman–Crippen MR) is 71.0 cm³/mol. The molecular weight excluding hydrogens is 210 g/mol. The highest BCUT2D eigenvalue weighted by Gasteiger charge is 2.26. The summed E-state index contributed by atoms with van der Waals surface area (Å²) >= 11 is 0. The third-order valence-corrected chi connectivity index (χ3v) is 3.91. The average molecular weight is 233 g/mol. The molecule has 17 heavy (non-hydrogen) atoms. The van der Waals surface area contributed by atoms with E-state index in [9.17, 15) is 5.11 Å². The van der Waals surface area contributed by atoms with E-state index < -0.39 is 0 Å². The molecular formula is C15H23NO. The first-order valence-electron chi connectivity index (χ1n) is 6.62. The zero-order valence-electron chi connectivity index (χ0n) is 10.9. The first-order chi connectivity index (χ1) is 8.18. The molecule has 1 fully saturated rings. The summed E-state index contributed by atoms with van der Waals surface area (Å²) < 4.78 is 0. The minimum atomic E-state index is -0.156. The van der Waals surface area contributed by atoms with Gasteiger partial charge >= 0.3 is 0 Å². The molecule has 2 N–H and O–H groups in total. The van der Waals surface area contributed by atoms with Crippen LogP contribution in [-0.2, 0) is 6.54 Å². The summed E-state index contributed by atoms with van der Waals surface area (Å²) in [5.41, 5.74) is 2.73. The van der Waals surface area contributed by atoms with Gasteiger partial charge in [-0.2, -0.15) is 0 Å². The maximum atomic E-state index is 9.39. The van der Waals surface area contributed by atoms with Gasteiger partial charge in [-0.15, -0.1) is 0 Å². The highest BCUT2D eigenvalue weighted by atomic mass is 16.3. The fourth-order valence-electron chi connectivity index (χ4n) is 2.09. The molecule has 0 aromatic heterocycles. The monoisotopic (exact) mass is 233 g/mol. The molecule has 0 spiro atoms. The lowest BCUT2D eigenvalue weighted by atomic mass is 9.98. The Hall–Kier alpha value is -0.860. The Morgan fingerprint density at radius 2 is 2.06 bits per heavy atom. The van der Waals surface area contributed by atoms with Gasteiger partial charge in [-0.25, -0.2) is 0 Å². The number of aliphatic hydroxyl groups excluding tert-OH is 1. The van der Waals surface area contributed by atoms with Gasteiger partial charge in [0.2, 0.25) is 0 Å². The Kier molecular flexibility index (Phi) is 3.85. The number of benzene rings is 1. The van der Waals surface area contributed by atoms with E-state index in [4.69, 9.17) is 0 Å². The molecule has 1 unspecified atom stereocenters. The van der Waals surface area contributed by atoms with Crippen molar-refractivity contribution in [1.82, 2.24) is 5.32 Å². The van der Waals surface area contributed by atoms with Crippen LogP contribution in [0.2, 0.25) is 0 Å². The zero-order valence-corrected chi connectivity index (χ0v) is 10.9. The normalized spacial score (nSPS) is 19.0. The molecule has 0 radical (unpaired) electrons. The lowest BCUT2D eigenvalue weighted by Crippen LogP contribution is -2.44. The van der Waals surface area contributed by atoms with E-state index in [2.05, 4.69) is 43.4 Å². The Balaban J connectivity index is 2.03. The van der Waals surface area contributed by atoms with Crippen LogP contribution in [0.3, 0.4) is 0 Å². The molecule has 0 aliphatic heterocycles. The van der Waals surface area contributed by atoms with Gasteiger partial charge in [0.15, 0.2) is 0 Å². The summed E-state index contributed by atoms with van der Waals surface area (Å²) in [6.45, 7) is 5.23. The summed E-state index contributed by atoms with van der Waals surface area (Å²) in [6, 6.07) is 8.68. The first kappa shape index (κ1) is 12.6. The third-order valence-electron chi connectivity index (χ3n) is 3.91. The first-order valence-corrected chi connectivity index (χ1v) is 6.62. The van der Waals surface area contributed by atoms with Gasteiger partial charge in [0.25, 0.3) is 0 Å². The second-order valence-corrected chi connectivity index (χ2v) is 5.40. The molecule has 1 saturated carbocycles. The van der Waals surface area contributed by atoms with Crippen LogP contribution in [0.15, 0.2) is 24.3 Å². The van der Waals surface area contributed by atoms with Crippen LogP contribution < -0.4 is 5.32 Å². The van der Waals surface area contributed by atoms with Crippen LogP contribution in [0.1, 0.15) is 50.2 Å². The summed E-state index contributed by atoms with van der Waals surface area (Å²) in [5, 5.41) is 12.9. The SMILES string of the molecule is CCC(C)(CO)NCc1ccccc1C1CC1. The maximum Gasteiger partial charge on any atom is 0.0610 e. The number of hydrogen-bond donors (Lipinski definition) is 2. The molecule has 0 saturated heterocycles. The van der Waals surface area contributed by atoms with E-state index in [1.165, 1.54) is 24.0 Å². The van der Waals surface area contributed by atoms with E-state index >= 15 is 0 Å². The van der Waals surface area contributed by atoms with Crippen LogP contribution in [0.25, 0.3) is 0 Å². The van der Waals surface area contributed by atoms with Gasteiger partial charge in [0.05, 0.1) is 6.61 Å². The largest absolute Gasteiger partial charge is 0.394 e. The molecule has 0 bridgehead atoms. The van der Waals surface area contributed by atoms with Crippen LogP contribution in [0.4, 0.5) is 0 Å². The number of aliphatic hydroxyl groups is 1. The van der Waals surface area contributed by atoms with E-state index in [0.29, 0.717) is 0 Å². The van der Waals surface area contributed by atoms with Crippen LogP contribution in [0.5, 0.6) is 0 Å². The minimum absolute atomic E-state index is 0.156. The van der Waals surface area contributed by atoms with Crippen molar-refractivity contribution in [2.45, 2.75) is 51.1 Å². The van der Waals surface area contributed by atoms with E-state index in [0.717, 1.165) is 18.9 Å². The van der Waals surface area contributed by atoms with Gasteiger partial charge in [-0.1, -0.05) is 31.2 Å². The molecule has 1 aromatic carbocycles. The van der Waals surface area contributed by atoms with Crippen molar-refractivity contribution in [2.75, 3.05) is 6.61 Å². The Morgan fingerprint density at radius 1 is 1.35 bits per heavy atom. The van der Waals surface area contributed by atoms with E-state index in [1.54, 1.807) is 0 Å². The van der Waals surface area contributed by atoms with Gasteiger partial charge in [0, 0.05) is 12.1 Å². The summed E-state index contributed by atoms with van der Waals surface area (Å²) in [6.07, 6.45) is 3.61. The van der Waals surface area contributed by atoms with Gasteiger partial charge in [-0.05, 0) is 43.2 Å². The maximum absolute atomic E-state index is 9.39. The Labute approximate surface area is 104 Å². The van der Waals surface area contributed by atoms with E-state index in [-0.39, 0.29) is 12.1 Å². The number of hydrogen-bond acceptors (Lipinski definition) is 2. The van der Waals surface area contributed by atoms with E-state index in [1.807, 2.05) is 0 Å². The van der Waals surface area contributed by atoms with Crippen LogP contribution >= 0.6 is 0 Å².